The van der Waals surface area contributed by atoms with Crippen LogP contribution in [0.3, 0.4) is 0 Å². The van der Waals surface area contributed by atoms with E-state index in [1.54, 1.807) is 6.07 Å². The lowest BCUT2D eigenvalue weighted by molar-refractivity contribution is 0.272. The van der Waals surface area contributed by atoms with Crippen LogP contribution in [0.2, 0.25) is 0 Å². The summed E-state index contributed by atoms with van der Waals surface area (Å²) in [5.41, 5.74) is 4.70. The van der Waals surface area contributed by atoms with E-state index in [1.165, 1.54) is 30.4 Å². The highest BCUT2D eigenvalue weighted by Gasteiger charge is 2.32. The molecule has 0 unspecified atom stereocenters. The summed E-state index contributed by atoms with van der Waals surface area (Å²) in [5, 5.41) is 9.80. The van der Waals surface area contributed by atoms with Gasteiger partial charge >= 0.3 is 0 Å². The van der Waals surface area contributed by atoms with Crippen LogP contribution in [0.4, 0.5) is 0 Å². The van der Waals surface area contributed by atoms with E-state index in [2.05, 4.69) is 81.4 Å². The quantitative estimate of drug-likeness (QED) is 0.449. The first-order valence-corrected chi connectivity index (χ1v) is 11.2. The Morgan fingerprint density at radius 3 is 1.93 bits per heavy atom. The normalized spacial score (nSPS) is 14.9. The van der Waals surface area contributed by atoms with Crippen molar-refractivity contribution in [2.75, 3.05) is 0 Å². The van der Waals surface area contributed by atoms with Gasteiger partial charge in [-0.25, -0.2) is 0 Å². The van der Waals surface area contributed by atoms with Crippen LogP contribution < -0.4 is 0 Å². The topological polar surface area (TPSA) is 20.2 Å². The van der Waals surface area contributed by atoms with Gasteiger partial charge < -0.3 is 5.11 Å². The van der Waals surface area contributed by atoms with Crippen molar-refractivity contribution in [3.8, 4) is 5.75 Å². The molecule has 0 aromatic heterocycles. The number of rotatable bonds is 6. The van der Waals surface area contributed by atoms with Crippen LogP contribution in [-0.4, -0.2) is 5.11 Å². The minimum absolute atomic E-state index is 0.240. The van der Waals surface area contributed by atoms with Gasteiger partial charge in [-0.1, -0.05) is 106 Å². The Hall–Kier alpha value is -2.54. The predicted molar refractivity (Wildman–Crippen MR) is 128 cm³/mol. The van der Waals surface area contributed by atoms with Gasteiger partial charge in [0.2, 0.25) is 0 Å². The molecular formula is C29H36O. The van der Waals surface area contributed by atoms with Crippen molar-refractivity contribution in [1.82, 2.24) is 0 Å². The Labute approximate surface area is 182 Å². The number of phenols is 1. The van der Waals surface area contributed by atoms with E-state index >= 15 is 0 Å². The van der Waals surface area contributed by atoms with Crippen molar-refractivity contribution in [3.05, 3.63) is 102 Å². The molecule has 4 rings (SSSR count). The molecule has 1 fully saturated rings. The van der Waals surface area contributed by atoms with Crippen LogP contribution in [0.5, 0.6) is 5.75 Å². The van der Waals surface area contributed by atoms with Crippen LogP contribution in [0.15, 0.2) is 84.9 Å². The van der Waals surface area contributed by atoms with Gasteiger partial charge in [0.05, 0.1) is 0 Å². The van der Waals surface area contributed by atoms with E-state index in [0.29, 0.717) is 11.2 Å². The number of aromatic hydroxyl groups is 1. The summed E-state index contributed by atoms with van der Waals surface area (Å²) in [6.45, 7) is 6.95. The molecule has 3 aromatic carbocycles. The molecule has 0 aliphatic heterocycles. The molecule has 1 aliphatic carbocycles. The fourth-order valence-corrected chi connectivity index (χ4v) is 4.27. The number of hydrogen-bond donors (Lipinski definition) is 1. The van der Waals surface area contributed by atoms with Gasteiger partial charge in [-0.3, -0.25) is 0 Å². The average molecular weight is 401 g/mol. The number of phenolic OH excluding ortho intramolecular Hbond substituents is 1. The molecule has 158 valence electrons. The Bertz CT molecular complexity index is 892. The van der Waals surface area contributed by atoms with Gasteiger partial charge in [0.1, 0.15) is 5.75 Å². The van der Waals surface area contributed by atoms with Crippen LogP contribution in [0.25, 0.3) is 0 Å². The largest absolute Gasteiger partial charge is 0.508 e. The molecular weight excluding hydrogens is 364 g/mol. The Kier molecular flexibility index (Phi) is 7.37. The molecule has 3 aromatic rings. The first kappa shape index (κ1) is 22.2. The van der Waals surface area contributed by atoms with Gasteiger partial charge in [0, 0.05) is 0 Å². The molecule has 1 N–H and O–H groups in total. The smallest absolute Gasteiger partial charge is 0.118 e. The Morgan fingerprint density at radius 2 is 1.37 bits per heavy atom. The van der Waals surface area contributed by atoms with Gasteiger partial charge in [0.25, 0.3) is 0 Å². The lowest BCUT2D eigenvalue weighted by atomic mass is 9.66. The standard InChI is InChI=1S/C18H22O.C11H14/c1-18(2,14-15-8-4-3-5-9-15)13-12-16-10-6-7-11-17(16)19;1-11(8-5-9-11)10-6-3-2-4-7-10/h3-11,19H,12-14H2,1-2H3;2-4,6-7H,5,8-9H2,1H3. The minimum atomic E-state index is 0.240. The molecule has 1 saturated carbocycles. The fraction of sp³-hybridized carbons (Fsp3) is 0.379. The van der Waals surface area contributed by atoms with Crippen molar-refractivity contribution in [2.45, 2.75) is 64.7 Å². The summed E-state index contributed by atoms with van der Waals surface area (Å²) in [4.78, 5) is 0. The zero-order valence-electron chi connectivity index (χ0n) is 18.8. The third-order valence-electron chi connectivity index (χ3n) is 6.52. The second-order valence-corrected chi connectivity index (χ2v) is 9.74. The Morgan fingerprint density at radius 1 is 0.800 bits per heavy atom. The van der Waals surface area contributed by atoms with Crippen LogP contribution >= 0.6 is 0 Å². The highest BCUT2D eigenvalue weighted by Crippen LogP contribution is 2.42. The summed E-state index contributed by atoms with van der Waals surface area (Å²) in [7, 11) is 0. The predicted octanol–water partition coefficient (Wildman–Crippen LogP) is 7.72. The van der Waals surface area contributed by atoms with Crippen molar-refractivity contribution in [3.63, 3.8) is 0 Å². The molecule has 0 heterocycles. The maximum absolute atomic E-state index is 9.80. The summed E-state index contributed by atoms with van der Waals surface area (Å²) >= 11 is 0. The van der Waals surface area contributed by atoms with Crippen LogP contribution in [0, 0.1) is 5.41 Å². The van der Waals surface area contributed by atoms with Crippen LogP contribution in [0.1, 0.15) is 63.1 Å². The highest BCUT2D eigenvalue weighted by atomic mass is 16.3. The molecule has 0 amide bonds. The third kappa shape index (κ3) is 6.23. The second-order valence-electron chi connectivity index (χ2n) is 9.74. The summed E-state index contributed by atoms with van der Waals surface area (Å²) in [5.74, 6) is 0.415. The second kappa shape index (κ2) is 9.98. The van der Waals surface area contributed by atoms with E-state index in [9.17, 15) is 5.11 Å². The number of para-hydroxylation sites is 1. The molecule has 0 spiro atoms. The molecule has 0 bridgehead atoms. The van der Waals surface area contributed by atoms with E-state index in [4.69, 9.17) is 0 Å². The van der Waals surface area contributed by atoms with E-state index < -0.39 is 0 Å². The monoisotopic (exact) mass is 400 g/mol. The number of benzene rings is 3. The van der Waals surface area contributed by atoms with Crippen molar-refractivity contribution in [1.29, 1.82) is 0 Å². The Balaban J connectivity index is 0.000000196. The summed E-state index contributed by atoms with van der Waals surface area (Å²) in [6, 6.07) is 29.1. The molecule has 0 atom stereocenters. The van der Waals surface area contributed by atoms with Crippen LogP contribution in [-0.2, 0) is 18.3 Å². The zero-order valence-corrected chi connectivity index (χ0v) is 18.8. The molecule has 1 aliphatic rings. The zero-order chi connectivity index (χ0) is 21.5. The fourth-order valence-electron chi connectivity index (χ4n) is 4.27. The van der Waals surface area contributed by atoms with Crippen molar-refractivity contribution < 1.29 is 5.11 Å². The van der Waals surface area contributed by atoms with E-state index in [0.717, 1.165) is 24.8 Å². The maximum Gasteiger partial charge on any atom is 0.118 e. The highest BCUT2D eigenvalue weighted by molar-refractivity contribution is 5.32. The first-order chi connectivity index (χ1) is 14.4. The number of hydrogen-bond acceptors (Lipinski definition) is 1. The van der Waals surface area contributed by atoms with Gasteiger partial charge in [-0.15, -0.1) is 0 Å². The summed E-state index contributed by atoms with van der Waals surface area (Å²) in [6.07, 6.45) is 7.22. The number of aryl methyl sites for hydroxylation is 1. The lowest BCUT2D eigenvalue weighted by Crippen LogP contribution is -2.29. The summed E-state index contributed by atoms with van der Waals surface area (Å²) < 4.78 is 0. The third-order valence-corrected chi connectivity index (χ3v) is 6.52. The molecule has 0 saturated heterocycles. The van der Waals surface area contributed by atoms with Gasteiger partial charge in [-0.2, -0.15) is 0 Å². The van der Waals surface area contributed by atoms with Crippen molar-refractivity contribution >= 4 is 0 Å². The van der Waals surface area contributed by atoms with Gasteiger partial charge in [0.15, 0.2) is 0 Å². The first-order valence-electron chi connectivity index (χ1n) is 11.2. The van der Waals surface area contributed by atoms with E-state index in [-0.39, 0.29) is 5.41 Å². The van der Waals surface area contributed by atoms with Crippen molar-refractivity contribution in [2.24, 2.45) is 5.41 Å². The molecule has 30 heavy (non-hydrogen) atoms. The molecule has 1 nitrogen and oxygen atoms in total. The average Bonchev–Trinajstić information content (AvgIpc) is 2.73. The molecule has 1 heteroatoms. The lowest BCUT2D eigenvalue weighted by Gasteiger charge is -2.38. The SMILES string of the molecule is CC(C)(CCc1ccccc1O)Cc1ccccc1.CC1(c2ccccc2)CCC1. The van der Waals surface area contributed by atoms with E-state index in [1.807, 2.05) is 18.2 Å². The maximum atomic E-state index is 9.80. The van der Waals surface area contributed by atoms with Gasteiger partial charge in [-0.05, 0) is 65.7 Å². The minimum Gasteiger partial charge on any atom is -0.508 e. The molecule has 0 radical (unpaired) electrons.